The van der Waals surface area contributed by atoms with Crippen LogP contribution in [0.15, 0.2) is 4.47 Å². The molecule has 0 aromatic carbocycles. The molecule has 4 nitrogen and oxygen atoms in total. The van der Waals surface area contributed by atoms with Gasteiger partial charge in [0.05, 0.1) is 22.5 Å². The van der Waals surface area contributed by atoms with Gasteiger partial charge in [-0.3, -0.25) is 0 Å². The zero-order chi connectivity index (χ0) is 13.5. The van der Waals surface area contributed by atoms with Crippen LogP contribution in [0.25, 0.3) is 0 Å². The van der Waals surface area contributed by atoms with Crippen LogP contribution in [-0.2, 0) is 17.1 Å². The summed E-state index contributed by atoms with van der Waals surface area (Å²) in [7, 11) is 1.67. The Morgan fingerprint density at radius 1 is 1.39 bits per heavy atom. The van der Waals surface area contributed by atoms with Gasteiger partial charge in [-0.15, -0.1) is 0 Å². The molecule has 0 aliphatic rings. The predicted octanol–water partition coefficient (Wildman–Crippen LogP) is 3.46. The lowest BCUT2D eigenvalue weighted by Crippen LogP contribution is -2.08. The van der Waals surface area contributed by atoms with Gasteiger partial charge >= 0.3 is 0 Å². The largest absolute Gasteiger partial charge is 0.378 e. The van der Waals surface area contributed by atoms with Crippen LogP contribution in [0, 0.1) is 0 Å². The number of aromatic nitrogens is 2. The van der Waals surface area contributed by atoms with Crippen molar-refractivity contribution in [3.63, 3.8) is 0 Å². The highest BCUT2D eigenvalue weighted by Gasteiger charge is 2.12. The second kappa shape index (κ2) is 7.96. The molecule has 0 saturated heterocycles. The fraction of sp³-hybridized carbons (Fsp3) is 0.667. The molecule has 0 radical (unpaired) electrons. The molecule has 6 heteroatoms. The first-order valence-electron chi connectivity index (χ1n) is 5.98. The highest BCUT2D eigenvalue weighted by molar-refractivity contribution is 9.10. The maximum Gasteiger partial charge on any atom is 0.144 e. The lowest BCUT2D eigenvalue weighted by molar-refractivity contribution is 0.180. The van der Waals surface area contributed by atoms with E-state index in [1.165, 1.54) is 0 Å². The number of rotatable bonds is 7. The van der Waals surface area contributed by atoms with Gasteiger partial charge in [0, 0.05) is 13.7 Å². The molecule has 0 aliphatic carbocycles. The Kier molecular flexibility index (Phi) is 6.96. The Balaban J connectivity index is 2.95. The monoisotopic (exact) mass is 333 g/mol. The number of halogens is 1. The minimum absolute atomic E-state index is 0.487. The predicted molar refractivity (Wildman–Crippen MR) is 81.0 cm³/mol. The van der Waals surface area contributed by atoms with E-state index in [-0.39, 0.29) is 0 Å². The standard InChI is InChI=1S/C12H20BrN3OS/c1-5-14-12-11(13)9(6-17-4)15-10(16-12)7-18-8(2)3/h8H,5-7H2,1-4H3,(H,14,15,16). The van der Waals surface area contributed by atoms with Crippen LogP contribution in [0.4, 0.5) is 5.82 Å². The second-order valence-electron chi connectivity index (χ2n) is 4.07. The van der Waals surface area contributed by atoms with Crippen molar-refractivity contribution in [2.45, 2.75) is 38.4 Å². The number of nitrogens with one attached hydrogen (secondary N) is 1. The van der Waals surface area contributed by atoms with Gasteiger partial charge < -0.3 is 10.1 Å². The van der Waals surface area contributed by atoms with E-state index in [1.807, 2.05) is 18.7 Å². The van der Waals surface area contributed by atoms with E-state index in [0.29, 0.717) is 11.9 Å². The topological polar surface area (TPSA) is 47.0 Å². The Morgan fingerprint density at radius 3 is 2.67 bits per heavy atom. The van der Waals surface area contributed by atoms with Crippen molar-refractivity contribution in [2.24, 2.45) is 0 Å². The quantitative estimate of drug-likeness (QED) is 0.827. The van der Waals surface area contributed by atoms with E-state index in [4.69, 9.17) is 4.74 Å². The van der Waals surface area contributed by atoms with Gasteiger partial charge in [0.25, 0.3) is 0 Å². The van der Waals surface area contributed by atoms with E-state index in [9.17, 15) is 0 Å². The van der Waals surface area contributed by atoms with Crippen molar-refractivity contribution in [2.75, 3.05) is 19.0 Å². The zero-order valence-corrected chi connectivity index (χ0v) is 13.7. The maximum absolute atomic E-state index is 5.17. The summed E-state index contributed by atoms with van der Waals surface area (Å²) < 4.78 is 6.06. The van der Waals surface area contributed by atoms with Crippen molar-refractivity contribution in [3.05, 3.63) is 16.0 Å². The fourth-order valence-electron chi connectivity index (χ4n) is 1.37. The molecule has 0 bridgehead atoms. The average Bonchev–Trinajstić information content (AvgIpc) is 2.32. The molecular weight excluding hydrogens is 314 g/mol. The molecule has 0 spiro atoms. The molecular formula is C12H20BrN3OS. The van der Waals surface area contributed by atoms with Gasteiger partial charge in [0.15, 0.2) is 0 Å². The van der Waals surface area contributed by atoms with Crippen molar-refractivity contribution in [3.8, 4) is 0 Å². The van der Waals surface area contributed by atoms with E-state index < -0.39 is 0 Å². The lowest BCUT2D eigenvalue weighted by Gasteiger charge is -2.12. The molecule has 18 heavy (non-hydrogen) atoms. The van der Waals surface area contributed by atoms with Crippen molar-refractivity contribution >= 4 is 33.5 Å². The maximum atomic E-state index is 5.17. The van der Waals surface area contributed by atoms with Gasteiger partial charge in [0.1, 0.15) is 11.6 Å². The third kappa shape index (κ3) is 4.74. The summed E-state index contributed by atoms with van der Waals surface area (Å²) in [5.41, 5.74) is 0.891. The normalized spacial score (nSPS) is 11.0. The first kappa shape index (κ1) is 15.7. The molecule has 0 aliphatic heterocycles. The molecule has 0 fully saturated rings. The van der Waals surface area contributed by atoms with Crippen LogP contribution in [0.3, 0.4) is 0 Å². The summed E-state index contributed by atoms with van der Waals surface area (Å²) in [6, 6.07) is 0. The Labute approximate surface area is 121 Å². The van der Waals surface area contributed by atoms with Crippen LogP contribution < -0.4 is 5.32 Å². The van der Waals surface area contributed by atoms with E-state index >= 15 is 0 Å². The molecule has 1 N–H and O–H groups in total. The van der Waals surface area contributed by atoms with Crippen LogP contribution >= 0.6 is 27.7 Å². The number of nitrogens with zero attached hydrogens (tertiary/aromatic N) is 2. The summed E-state index contributed by atoms with van der Waals surface area (Å²) in [5, 5.41) is 3.81. The second-order valence-corrected chi connectivity index (χ2v) is 6.43. The summed E-state index contributed by atoms with van der Waals surface area (Å²) in [6.45, 7) is 7.71. The van der Waals surface area contributed by atoms with Crippen molar-refractivity contribution in [1.82, 2.24) is 9.97 Å². The number of anilines is 1. The Bertz CT molecular complexity index is 361. The number of hydrogen-bond acceptors (Lipinski definition) is 5. The number of ether oxygens (including phenoxy) is 1. The molecule has 1 heterocycles. The smallest absolute Gasteiger partial charge is 0.144 e. The molecule has 1 aromatic rings. The first-order valence-corrected chi connectivity index (χ1v) is 7.82. The highest BCUT2D eigenvalue weighted by atomic mass is 79.9. The van der Waals surface area contributed by atoms with Gasteiger partial charge in [0.2, 0.25) is 0 Å². The Hall–Kier alpha value is -0.330. The number of hydrogen-bond donors (Lipinski definition) is 1. The van der Waals surface area contributed by atoms with Crippen LogP contribution in [0.1, 0.15) is 32.3 Å². The molecule has 0 saturated carbocycles. The van der Waals surface area contributed by atoms with E-state index in [1.54, 1.807) is 7.11 Å². The summed E-state index contributed by atoms with van der Waals surface area (Å²) in [5.74, 6) is 2.51. The summed E-state index contributed by atoms with van der Waals surface area (Å²) >= 11 is 5.36. The first-order chi connectivity index (χ1) is 8.58. The molecule has 1 rings (SSSR count). The van der Waals surface area contributed by atoms with Gasteiger partial charge in [-0.1, -0.05) is 13.8 Å². The zero-order valence-electron chi connectivity index (χ0n) is 11.3. The third-order valence-corrected chi connectivity index (χ3v) is 4.06. The number of methoxy groups -OCH3 is 1. The van der Waals surface area contributed by atoms with Crippen LogP contribution in [0.5, 0.6) is 0 Å². The van der Waals surface area contributed by atoms with Gasteiger partial charge in [-0.2, -0.15) is 11.8 Å². The SMILES string of the molecule is CCNc1nc(CSC(C)C)nc(COC)c1Br. The third-order valence-electron chi connectivity index (χ3n) is 2.14. The fourth-order valence-corrected chi connectivity index (χ4v) is 2.41. The average molecular weight is 334 g/mol. The Morgan fingerprint density at radius 2 is 2.11 bits per heavy atom. The van der Waals surface area contributed by atoms with Crippen LogP contribution in [-0.4, -0.2) is 28.9 Å². The minimum Gasteiger partial charge on any atom is -0.378 e. The van der Waals surface area contributed by atoms with Crippen molar-refractivity contribution < 1.29 is 4.74 Å². The summed E-state index contributed by atoms with van der Waals surface area (Å²) in [4.78, 5) is 9.06. The molecule has 1 aromatic heterocycles. The number of thioether (sulfide) groups is 1. The highest BCUT2D eigenvalue weighted by Crippen LogP contribution is 2.26. The van der Waals surface area contributed by atoms with Gasteiger partial charge in [-0.25, -0.2) is 9.97 Å². The molecule has 102 valence electrons. The van der Waals surface area contributed by atoms with Crippen molar-refractivity contribution in [1.29, 1.82) is 0 Å². The van der Waals surface area contributed by atoms with Gasteiger partial charge in [-0.05, 0) is 28.1 Å². The molecule has 0 unspecified atom stereocenters. The summed E-state index contributed by atoms with van der Waals surface area (Å²) in [6.07, 6.45) is 0. The van der Waals surface area contributed by atoms with E-state index in [2.05, 4.69) is 45.1 Å². The minimum atomic E-state index is 0.487. The lowest BCUT2D eigenvalue weighted by atomic mass is 10.4. The molecule has 0 atom stereocenters. The molecule has 0 amide bonds. The van der Waals surface area contributed by atoms with E-state index in [0.717, 1.165) is 34.1 Å². The van der Waals surface area contributed by atoms with Crippen LogP contribution in [0.2, 0.25) is 0 Å².